The summed E-state index contributed by atoms with van der Waals surface area (Å²) in [5.41, 5.74) is 2.41. The first-order valence-electron chi connectivity index (χ1n) is 9.16. The number of hydrogen-bond donors (Lipinski definition) is 3. The maximum atomic E-state index is 12.9. The molecule has 0 aliphatic rings. The highest BCUT2D eigenvalue weighted by Gasteiger charge is 2.11. The van der Waals surface area contributed by atoms with Gasteiger partial charge in [0.2, 0.25) is 0 Å². The Balaban J connectivity index is 1.89. The van der Waals surface area contributed by atoms with Crippen LogP contribution in [0.25, 0.3) is 0 Å². The van der Waals surface area contributed by atoms with Crippen molar-refractivity contribution < 1.29 is 14.2 Å². The van der Waals surface area contributed by atoms with Crippen molar-refractivity contribution in [3.8, 4) is 5.75 Å². The van der Waals surface area contributed by atoms with Crippen LogP contribution >= 0.6 is 0 Å². The lowest BCUT2D eigenvalue weighted by molar-refractivity contribution is 0.114. The summed E-state index contributed by atoms with van der Waals surface area (Å²) in [6.07, 6.45) is -0.765. The van der Waals surface area contributed by atoms with Gasteiger partial charge >= 0.3 is 0 Å². The van der Waals surface area contributed by atoms with E-state index in [9.17, 15) is 9.50 Å². The molecule has 0 aliphatic heterocycles. The quantitative estimate of drug-likeness (QED) is 0.491. The Bertz CT molecular complexity index is 734. The number of benzene rings is 2. The fourth-order valence-electron chi connectivity index (χ4n) is 2.65. The molecule has 2 atom stereocenters. The lowest BCUT2D eigenvalue weighted by Crippen LogP contribution is -2.39. The minimum absolute atomic E-state index is 0.0802. The van der Waals surface area contributed by atoms with Crippen LogP contribution in [0, 0.1) is 12.7 Å². The van der Waals surface area contributed by atoms with E-state index in [-0.39, 0.29) is 25.0 Å². The Hall–Kier alpha value is -2.60. The van der Waals surface area contributed by atoms with Crippen LogP contribution in [0.2, 0.25) is 0 Å². The summed E-state index contributed by atoms with van der Waals surface area (Å²) in [6, 6.07) is 14.0. The molecule has 27 heavy (non-hydrogen) atoms. The number of aliphatic imine (C=N–C) groups is 1. The van der Waals surface area contributed by atoms with E-state index in [0.717, 1.165) is 0 Å². The van der Waals surface area contributed by atoms with Gasteiger partial charge in [-0.15, -0.1) is 0 Å². The van der Waals surface area contributed by atoms with E-state index in [4.69, 9.17) is 4.74 Å². The van der Waals surface area contributed by atoms with Crippen LogP contribution in [0.4, 0.5) is 4.39 Å². The Morgan fingerprint density at radius 2 is 1.89 bits per heavy atom. The van der Waals surface area contributed by atoms with Crippen LogP contribution in [0.15, 0.2) is 53.5 Å². The van der Waals surface area contributed by atoms with Crippen LogP contribution in [-0.4, -0.2) is 36.9 Å². The highest BCUT2D eigenvalue weighted by molar-refractivity contribution is 5.80. The number of hydrogen-bond acceptors (Lipinski definition) is 3. The molecule has 0 bridgehead atoms. The molecule has 2 aromatic rings. The fraction of sp³-hybridized carbons (Fsp3) is 0.381. The molecule has 5 nitrogen and oxygen atoms in total. The first-order chi connectivity index (χ1) is 13.0. The van der Waals surface area contributed by atoms with E-state index >= 15 is 0 Å². The normalized spacial score (nSPS) is 13.7. The van der Waals surface area contributed by atoms with Crippen LogP contribution in [0.3, 0.4) is 0 Å². The third kappa shape index (κ3) is 6.90. The number of nitrogens with one attached hydrogen (secondary N) is 2. The molecule has 0 radical (unpaired) electrons. The molecule has 2 aromatic carbocycles. The van der Waals surface area contributed by atoms with E-state index < -0.39 is 6.10 Å². The predicted octanol–water partition coefficient (Wildman–Crippen LogP) is 3.19. The van der Waals surface area contributed by atoms with Gasteiger partial charge < -0.3 is 20.5 Å². The zero-order valence-corrected chi connectivity index (χ0v) is 16.1. The van der Waals surface area contributed by atoms with Crippen molar-refractivity contribution in [3.05, 3.63) is 65.5 Å². The van der Waals surface area contributed by atoms with Crippen LogP contribution in [0.1, 0.15) is 31.0 Å². The SMILES string of the molecule is CCNC(=NCC(O)COc1ccc(F)cc1)NC(C)c1ccccc1C. The largest absolute Gasteiger partial charge is 0.491 e. The zero-order chi connectivity index (χ0) is 19.6. The molecule has 0 spiro atoms. The van der Waals surface area contributed by atoms with E-state index in [1.54, 1.807) is 0 Å². The summed E-state index contributed by atoms with van der Waals surface area (Å²) >= 11 is 0. The lowest BCUT2D eigenvalue weighted by Gasteiger charge is -2.20. The van der Waals surface area contributed by atoms with Crippen molar-refractivity contribution in [2.75, 3.05) is 19.7 Å². The van der Waals surface area contributed by atoms with Gasteiger partial charge in [-0.25, -0.2) is 4.39 Å². The molecule has 6 heteroatoms. The minimum Gasteiger partial charge on any atom is -0.491 e. The molecule has 146 valence electrons. The van der Waals surface area contributed by atoms with Gasteiger partial charge in [0.05, 0.1) is 12.6 Å². The Kier molecular flexibility index (Phi) is 8.07. The van der Waals surface area contributed by atoms with Gasteiger partial charge in [0.1, 0.15) is 24.3 Å². The first kappa shape index (κ1) is 20.7. The summed E-state index contributed by atoms with van der Waals surface area (Å²) in [5, 5.41) is 16.7. The highest BCUT2D eigenvalue weighted by Crippen LogP contribution is 2.16. The predicted molar refractivity (Wildman–Crippen MR) is 107 cm³/mol. The number of aliphatic hydroxyl groups excluding tert-OH is 1. The second kappa shape index (κ2) is 10.5. The molecule has 0 heterocycles. The summed E-state index contributed by atoms with van der Waals surface area (Å²) in [4.78, 5) is 4.44. The van der Waals surface area contributed by atoms with Crippen LogP contribution in [-0.2, 0) is 0 Å². The number of guanidine groups is 1. The summed E-state index contributed by atoms with van der Waals surface area (Å²) in [7, 11) is 0. The Labute approximate surface area is 160 Å². The van der Waals surface area contributed by atoms with Gasteiger partial charge in [0, 0.05) is 6.54 Å². The third-order valence-electron chi connectivity index (χ3n) is 4.07. The monoisotopic (exact) mass is 373 g/mol. The molecular weight excluding hydrogens is 345 g/mol. The summed E-state index contributed by atoms with van der Waals surface area (Å²) < 4.78 is 18.3. The number of nitrogens with zero attached hydrogens (tertiary/aromatic N) is 1. The molecule has 2 rings (SSSR count). The van der Waals surface area contributed by atoms with E-state index in [2.05, 4.69) is 41.6 Å². The van der Waals surface area contributed by atoms with Crippen molar-refractivity contribution in [1.82, 2.24) is 10.6 Å². The highest BCUT2D eigenvalue weighted by atomic mass is 19.1. The van der Waals surface area contributed by atoms with Crippen molar-refractivity contribution in [1.29, 1.82) is 0 Å². The molecule has 0 amide bonds. The molecule has 0 aliphatic carbocycles. The maximum Gasteiger partial charge on any atom is 0.191 e. The Morgan fingerprint density at radius 3 is 2.56 bits per heavy atom. The smallest absolute Gasteiger partial charge is 0.191 e. The van der Waals surface area contributed by atoms with Gasteiger partial charge in [-0.2, -0.15) is 0 Å². The van der Waals surface area contributed by atoms with Crippen LogP contribution in [0.5, 0.6) is 5.75 Å². The number of halogens is 1. The summed E-state index contributed by atoms with van der Waals surface area (Å²) in [6.45, 7) is 7.13. The number of aryl methyl sites for hydroxylation is 1. The van der Waals surface area contributed by atoms with Gasteiger partial charge in [0.15, 0.2) is 5.96 Å². The van der Waals surface area contributed by atoms with Crippen molar-refractivity contribution >= 4 is 5.96 Å². The number of ether oxygens (including phenoxy) is 1. The minimum atomic E-state index is -0.765. The summed E-state index contributed by atoms with van der Waals surface area (Å²) in [5.74, 6) is 0.823. The zero-order valence-electron chi connectivity index (χ0n) is 16.1. The third-order valence-corrected chi connectivity index (χ3v) is 4.07. The van der Waals surface area contributed by atoms with Crippen LogP contribution < -0.4 is 15.4 Å². The van der Waals surface area contributed by atoms with Crippen molar-refractivity contribution in [3.63, 3.8) is 0 Å². The van der Waals surface area contributed by atoms with Crippen molar-refractivity contribution in [2.24, 2.45) is 4.99 Å². The molecular formula is C21H28FN3O2. The second-order valence-corrected chi connectivity index (χ2v) is 6.36. The van der Waals surface area contributed by atoms with Crippen molar-refractivity contribution in [2.45, 2.75) is 32.9 Å². The van der Waals surface area contributed by atoms with Gasteiger partial charge in [0.25, 0.3) is 0 Å². The van der Waals surface area contributed by atoms with Gasteiger partial charge in [-0.3, -0.25) is 4.99 Å². The second-order valence-electron chi connectivity index (χ2n) is 6.36. The Morgan fingerprint density at radius 1 is 1.19 bits per heavy atom. The molecule has 2 unspecified atom stereocenters. The van der Waals surface area contributed by atoms with E-state index in [1.807, 2.05) is 19.1 Å². The molecule has 0 saturated heterocycles. The lowest BCUT2D eigenvalue weighted by atomic mass is 10.0. The van der Waals surface area contributed by atoms with Gasteiger partial charge in [-0.05, 0) is 56.2 Å². The standard InChI is InChI=1S/C21H28FN3O2/c1-4-23-21(25-16(3)20-8-6-5-7-15(20)2)24-13-18(26)14-27-19-11-9-17(22)10-12-19/h5-12,16,18,26H,4,13-14H2,1-3H3,(H2,23,24,25). The topological polar surface area (TPSA) is 65.9 Å². The average Bonchev–Trinajstić information content (AvgIpc) is 2.66. The average molecular weight is 373 g/mol. The fourth-order valence-corrected chi connectivity index (χ4v) is 2.65. The number of aliphatic hydroxyl groups is 1. The van der Waals surface area contributed by atoms with E-state index in [1.165, 1.54) is 35.4 Å². The van der Waals surface area contributed by atoms with E-state index in [0.29, 0.717) is 18.3 Å². The molecule has 0 aromatic heterocycles. The van der Waals surface area contributed by atoms with Gasteiger partial charge in [-0.1, -0.05) is 24.3 Å². The molecule has 3 N–H and O–H groups in total. The first-order valence-corrected chi connectivity index (χ1v) is 9.16. The maximum absolute atomic E-state index is 12.9. The molecule has 0 saturated carbocycles. The number of rotatable bonds is 8. The molecule has 0 fully saturated rings.